The predicted octanol–water partition coefficient (Wildman–Crippen LogP) is 1.33. The van der Waals surface area contributed by atoms with Crippen molar-refractivity contribution in [3.63, 3.8) is 0 Å². The summed E-state index contributed by atoms with van der Waals surface area (Å²) in [5, 5.41) is 9.06. The number of sulfonamides is 1. The molecular weight excluding hydrogens is 268 g/mol. The molecule has 0 saturated carbocycles. The molecule has 0 unspecified atom stereocenters. The molecule has 0 spiro atoms. The summed E-state index contributed by atoms with van der Waals surface area (Å²) in [4.78, 5) is 12.4. The molecule has 0 aromatic rings. The van der Waals surface area contributed by atoms with Crippen LogP contribution in [-0.4, -0.2) is 59.7 Å². The zero-order valence-corrected chi connectivity index (χ0v) is 12.3. The fraction of sp³-hybridized carbons (Fsp3) is 0.917. The van der Waals surface area contributed by atoms with Gasteiger partial charge in [-0.25, -0.2) is 13.2 Å². The third-order valence-electron chi connectivity index (χ3n) is 4.42. The number of rotatable bonds is 3. The summed E-state index contributed by atoms with van der Waals surface area (Å²) in [6.45, 7) is 1.67. The van der Waals surface area contributed by atoms with E-state index < -0.39 is 16.1 Å². The average molecular weight is 290 g/mol. The van der Waals surface area contributed by atoms with Gasteiger partial charge < -0.3 is 10.0 Å². The molecule has 7 heteroatoms. The topological polar surface area (TPSA) is 77.9 Å². The Morgan fingerprint density at radius 2 is 1.84 bits per heavy atom. The van der Waals surface area contributed by atoms with Crippen LogP contribution in [0, 0.1) is 0 Å². The zero-order valence-electron chi connectivity index (χ0n) is 11.4. The molecule has 6 nitrogen and oxygen atoms in total. The van der Waals surface area contributed by atoms with Crippen LogP contribution in [0.2, 0.25) is 0 Å². The number of amides is 1. The van der Waals surface area contributed by atoms with Crippen LogP contribution in [0.15, 0.2) is 0 Å². The first-order valence-corrected chi connectivity index (χ1v) is 8.44. The summed E-state index contributed by atoms with van der Waals surface area (Å²) in [5.74, 6) is 0.124. The van der Waals surface area contributed by atoms with Crippen molar-refractivity contribution in [1.82, 2.24) is 9.21 Å². The highest BCUT2D eigenvalue weighted by Crippen LogP contribution is 2.37. The monoisotopic (exact) mass is 290 g/mol. The van der Waals surface area contributed by atoms with Gasteiger partial charge >= 0.3 is 6.09 Å². The van der Waals surface area contributed by atoms with Crippen molar-refractivity contribution in [2.45, 2.75) is 57.2 Å². The van der Waals surface area contributed by atoms with Gasteiger partial charge in [0.1, 0.15) is 0 Å². The third kappa shape index (κ3) is 2.72. The smallest absolute Gasteiger partial charge is 0.407 e. The average Bonchev–Trinajstić information content (AvgIpc) is 2.36. The Bertz CT molecular complexity index is 437. The predicted molar refractivity (Wildman–Crippen MR) is 71.5 cm³/mol. The minimum absolute atomic E-state index is 0.0238. The molecule has 2 heterocycles. The molecule has 19 heavy (non-hydrogen) atoms. The van der Waals surface area contributed by atoms with Crippen LogP contribution in [0.4, 0.5) is 4.79 Å². The molecule has 1 amide bonds. The molecule has 1 N–H and O–H groups in total. The molecular formula is C12H22N2O4S. The molecule has 2 fully saturated rings. The molecule has 2 bridgehead atoms. The van der Waals surface area contributed by atoms with Crippen molar-refractivity contribution in [2.75, 3.05) is 12.8 Å². The van der Waals surface area contributed by atoms with E-state index in [1.54, 1.807) is 18.3 Å². The highest BCUT2D eigenvalue weighted by atomic mass is 32.2. The van der Waals surface area contributed by atoms with E-state index >= 15 is 0 Å². The fourth-order valence-electron chi connectivity index (χ4n) is 3.39. The van der Waals surface area contributed by atoms with E-state index in [1.165, 1.54) is 4.90 Å². The molecule has 0 aliphatic carbocycles. The van der Waals surface area contributed by atoms with E-state index in [4.69, 9.17) is 5.11 Å². The third-order valence-corrected chi connectivity index (χ3v) is 6.39. The molecule has 2 aliphatic rings. The molecule has 2 aliphatic heterocycles. The Morgan fingerprint density at radius 3 is 2.26 bits per heavy atom. The number of hydrogen-bond acceptors (Lipinski definition) is 3. The lowest BCUT2D eigenvalue weighted by Crippen LogP contribution is -2.59. The molecule has 3 atom stereocenters. The van der Waals surface area contributed by atoms with Crippen LogP contribution in [0.25, 0.3) is 0 Å². The minimum Gasteiger partial charge on any atom is -0.465 e. The lowest BCUT2D eigenvalue weighted by atomic mass is 9.83. The second kappa shape index (κ2) is 5.28. The van der Waals surface area contributed by atoms with Crippen molar-refractivity contribution in [2.24, 2.45) is 0 Å². The van der Waals surface area contributed by atoms with E-state index in [2.05, 4.69) is 0 Å². The van der Waals surface area contributed by atoms with Gasteiger partial charge in [0.15, 0.2) is 0 Å². The maximum Gasteiger partial charge on any atom is 0.407 e. The number of hydrogen-bond donors (Lipinski definition) is 1. The summed E-state index contributed by atoms with van der Waals surface area (Å²) in [7, 11) is -1.61. The normalized spacial score (nSPS) is 32.0. The van der Waals surface area contributed by atoms with Crippen LogP contribution in [0.1, 0.15) is 39.0 Å². The van der Waals surface area contributed by atoms with Crippen LogP contribution in [-0.2, 0) is 10.0 Å². The Labute approximate surface area is 114 Å². The second-order valence-corrected chi connectivity index (χ2v) is 7.65. The van der Waals surface area contributed by atoms with Crippen molar-refractivity contribution < 1.29 is 18.3 Å². The standard InChI is InChI=1S/C12H22N2O4S/c1-3-19(17,18)14-9-5-4-6-10(14)8-11(7-9)13(2)12(15)16/h9-11H,3-8H2,1-2H3,(H,15,16)/t9-,10+,11+. The van der Waals surface area contributed by atoms with Crippen molar-refractivity contribution >= 4 is 16.1 Å². The maximum absolute atomic E-state index is 12.2. The lowest BCUT2D eigenvalue weighted by Gasteiger charge is -2.49. The summed E-state index contributed by atoms with van der Waals surface area (Å²) in [5.41, 5.74) is 0. The summed E-state index contributed by atoms with van der Waals surface area (Å²) in [6.07, 6.45) is 3.04. The largest absolute Gasteiger partial charge is 0.465 e. The van der Waals surface area contributed by atoms with E-state index in [-0.39, 0.29) is 23.9 Å². The molecule has 0 radical (unpaired) electrons. The zero-order chi connectivity index (χ0) is 14.2. The van der Waals surface area contributed by atoms with E-state index in [0.29, 0.717) is 12.8 Å². The first-order chi connectivity index (χ1) is 8.86. The Hall–Kier alpha value is -0.820. The first-order valence-electron chi connectivity index (χ1n) is 6.83. The maximum atomic E-state index is 12.2. The number of carbonyl (C=O) groups is 1. The van der Waals surface area contributed by atoms with E-state index in [0.717, 1.165) is 19.3 Å². The van der Waals surface area contributed by atoms with Crippen molar-refractivity contribution in [3.05, 3.63) is 0 Å². The van der Waals surface area contributed by atoms with Gasteiger partial charge in [-0.05, 0) is 32.6 Å². The second-order valence-electron chi connectivity index (χ2n) is 5.49. The van der Waals surface area contributed by atoms with Crippen molar-refractivity contribution in [1.29, 1.82) is 0 Å². The molecule has 2 rings (SSSR count). The van der Waals surface area contributed by atoms with Gasteiger partial charge in [-0.1, -0.05) is 6.42 Å². The van der Waals surface area contributed by atoms with Crippen LogP contribution in [0.3, 0.4) is 0 Å². The van der Waals surface area contributed by atoms with Gasteiger partial charge in [-0.2, -0.15) is 4.31 Å². The molecule has 110 valence electrons. The van der Waals surface area contributed by atoms with Crippen molar-refractivity contribution in [3.8, 4) is 0 Å². The van der Waals surface area contributed by atoms with Gasteiger partial charge in [-0.15, -0.1) is 0 Å². The van der Waals surface area contributed by atoms with Crippen LogP contribution < -0.4 is 0 Å². The minimum atomic E-state index is -3.18. The SMILES string of the molecule is CCS(=O)(=O)N1[C@@H]2CCC[C@H]1C[C@@H](N(C)C(=O)O)C2. The van der Waals surface area contributed by atoms with Gasteiger partial charge in [0.25, 0.3) is 0 Å². The van der Waals surface area contributed by atoms with Gasteiger partial charge in [0, 0.05) is 25.2 Å². The number of piperidine rings is 2. The highest BCUT2D eigenvalue weighted by molar-refractivity contribution is 7.89. The first kappa shape index (κ1) is 14.6. The highest BCUT2D eigenvalue weighted by Gasteiger charge is 2.45. The quantitative estimate of drug-likeness (QED) is 0.850. The Balaban J connectivity index is 2.20. The van der Waals surface area contributed by atoms with Gasteiger partial charge in [0.2, 0.25) is 10.0 Å². The molecule has 2 saturated heterocycles. The number of fused-ring (bicyclic) bond motifs is 2. The molecule has 0 aromatic carbocycles. The Kier molecular flexibility index (Phi) is 4.06. The molecule has 0 aromatic heterocycles. The van der Waals surface area contributed by atoms with Gasteiger partial charge in [-0.3, -0.25) is 0 Å². The summed E-state index contributed by atoms with van der Waals surface area (Å²) < 4.78 is 26.0. The summed E-state index contributed by atoms with van der Waals surface area (Å²) >= 11 is 0. The number of carboxylic acid groups (broad SMARTS) is 1. The Morgan fingerprint density at radius 1 is 1.32 bits per heavy atom. The van der Waals surface area contributed by atoms with Crippen LogP contribution in [0.5, 0.6) is 0 Å². The number of nitrogens with zero attached hydrogens (tertiary/aromatic N) is 2. The van der Waals surface area contributed by atoms with E-state index in [9.17, 15) is 13.2 Å². The lowest BCUT2D eigenvalue weighted by molar-refractivity contribution is 0.0552. The fourth-order valence-corrected chi connectivity index (χ4v) is 4.97. The summed E-state index contributed by atoms with van der Waals surface area (Å²) in [6, 6.07) is -0.107. The van der Waals surface area contributed by atoms with Crippen LogP contribution >= 0.6 is 0 Å². The van der Waals surface area contributed by atoms with E-state index in [1.807, 2.05) is 0 Å². The van der Waals surface area contributed by atoms with Gasteiger partial charge in [0.05, 0.1) is 5.75 Å².